The molecule has 0 saturated heterocycles. The van der Waals surface area contributed by atoms with E-state index in [4.69, 9.17) is 0 Å². The third-order valence-electron chi connectivity index (χ3n) is 3.52. The van der Waals surface area contributed by atoms with Crippen LogP contribution in [0.4, 0.5) is 0 Å². The smallest absolute Gasteiger partial charge is 0.312 e. The van der Waals surface area contributed by atoms with Gasteiger partial charge in [0, 0.05) is 24.5 Å². The Labute approximate surface area is 130 Å². The SMILES string of the molecule is O=C(NCc1ccncc1)c1ccc(B2C=CC=CN2)cc1. The predicted molar refractivity (Wildman–Crippen MR) is 88.7 cm³/mol. The molecule has 1 aromatic heterocycles. The second-order valence-electron chi connectivity index (χ2n) is 5.05. The van der Waals surface area contributed by atoms with Crippen molar-refractivity contribution in [1.82, 2.24) is 15.5 Å². The molecular weight excluding hydrogens is 273 g/mol. The van der Waals surface area contributed by atoms with Gasteiger partial charge in [-0.25, -0.2) is 0 Å². The van der Waals surface area contributed by atoms with E-state index >= 15 is 0 Å². The minimum absolute atomic E-state index is 0.0737. The highest BCUT2D eigenvalue weighted by Gasteiger charge is 2.14. The molecule has 0 unspecified atom stereocenters. The van der Waals surface area contributed by atoms with E-state index in [1.165, 1.54) is 0 Å². The molecule has 0 fully saturated rings. The summed E-state index contributed by atoms with van der Waals surface area (Å²) in [6.45, 7) is 0.666. The first-order valence-electron chi connectivity index (χ1n) is 7.19. The normalized spacial score (nSPS) is 12.8. The molecule has 0 radical (unpaired) electrons. The Balaban J connectivity index is 1.61. The van der Waals surface area contributed by atoms with Crippen LogP contribution in [-0.2, 0) is 6.54 Å². The Morgan fingerprint density at radius 3 is 2.55 bits per heavy atom. The van der Waals surface area contributed by atoms with Gasteiger partial charge in [0.1, 0.15) is 0 Å². The Morgan fingerprint density at radius 1 is 1.09 bits per heavy atom. The van der Waals surface area contributed by atoms with Gasteiger partial charge in [-0.3, -0.25) is 9.78 Å². The summed E-state index contributed by atoms with van der Waals surface area (Å²) in [5.41, 5.74) is 2.82. The van der Waals surface area contributed by atoms with E-state index in [1.807, 2.05) is 54.8 Å². The number of hydrogen-bond acceptors (Lipinski definition) is 3. The molecule has 2 N–H and O–H groups in total. The largest absolute Gasteiger partial charge is 0.427 e. The van der Waals surface area contributed by atoms with Crippen molar-refractivity contribution in [2.45, 2.75) is 6.54 Å². The van der Waals surface area contributed by atoms with E-state index in [0.717, 1.165) is 11.0 Å². The molecule has 0 bridgehead atoms. The van der Waals surface area contributed by atoms with E-state index in [9.17, 15) is 4.79 Å². The number of pyridine rings is 1. The molecule has 0 atom stereocenters. The molecule has 0 spiro atoms. The highest BCUT2D eigenvalue weighted by molar-refractivity contribution is 6.76. The number of nitrogens with zero attached hydrogens (tertiary/aromatic N) is 1. The van der Waals surface area contributed by atoms with Crippen LogP contribution in [0.15, 0.2) is 73.1 Å². The second-order valence-corrected chi connectivity index (χ2v) is 5.05. The lowest BCUT2D eigenvalue weighted by molar-refractivity contribution is 0.0951. The van der Waals surface area contributed by atoms with Crippen LogP contribution in [0, 0.1) is 0 Å². The van der Waals surface area contributed by atoms with Gasteiger partial charge in [-0.05, 0) is 42.1 Å². The molecule has 0 saturated carbocycles. The molecule has 0 aliphatic carbocycles. The monoisotopic (exact) mass is 289 g/mol. The Kier molecular flexibility index (Phi) is 4.34. The molecule has 1 aliphatic heterocycles. The first-order valence-corrected chi connectivity index (χ1v) is 7.19. The van der Waals surface area contributed by atoms with Crippen molar-refractivity contribution in [2.24, 2.45) is 0 Å². The van der Waals surface area contributed by atoms with E-state index in [0.29, 0.717) is 12.1 Å². The highest BCUT2D eigenvalue weighted by atomic mass is 16.1. The first-order chi connectivity index (χ1) is 10.8. The van der Waals surface area contributed by atoms with Gasteiger partial charge in [0.15, 0.2) is 0 Å². The van der Waals surface area contributed by atoms with Gasteiger partial charge in [0.2, 0.25) is 0 Å². The zero-order valence-corrected chi connectivity index (χ0v) is 12.1. The molecule has 22 heavy (non-hydrogen) atoms. The minimum Gasteiger partial charge on any atom is -0.427 e. The van der Waals surface area contributed by atoms with E-state index < -0.39 is 0 Å². The number of carbonyl (C=O) groups is 1. The standard InChI is InChI=1S/C17H16BN3O/c22-17(20-13-14-7-11-19-12-8-14)15-3-5-16(6-4-15)18-9-1-2-10-21-18/h1-12,21H,13H2,(H,20,22). The van der Waals surface area contributed by atoms with E-state index in [1.54, 1.807) is 12.4 Å². The molecule has 1 aromatic carbocycles. The Hall–Kier alpha value is -2.82. The summed E-state index contributed by atoms with van der Waals surface area (Å²) >= 11 is 0. The van der Waals surface area contributed by atoms with Gasteiger partial charge in [0.05, 0.1) is 0 Å². The van der Waals surface area contributed by atoms with Crippen LogP contribution >= 0.6 is 0 Å². The molecule has 2 aromatic rings. The zero-order chi connectivity index (χ0) is 15.2. The summed E-state index contributed by atoms with van der Waals surface area (Å²) in [5.74, 6) is 2.01. The van der Waals surface area contributed by atoms with Gasteiger partial charge < -0.3 is 10.5 Å². The van der Waals surface area contributed by atoms with Crippen LogP contribution in [-0.4, -0.2) is 17.7 Å². The topological polar surface area (TPSA) is 54.0 Å². The molecule has 3 rings (SSSR count). The summed E-state index contributed by atoms with van der Waals surface area (Å²) in [6, 6.07) is 11.4. The molecule has 1 aliphatic rings. The third kappa shape index (κ3) is 3.44. The third-order valence-corrected chi connectivity index (χ3v) is 3.52. The van der Waals surface area contributed by atoms with E-state index in [-0.39, 0.29) is 12.8 Å². The number of carbonyl (C=O) groups excluding carboxylic acids is 1. The highest BCUT2D eigenvalue weighted by Crippen LogP contribution is 2.01. The van der Waals surface area contributed by atoms with Crippen molar-refractivity contribution in [2.75, 3.05) is 0 Å². The molecular formula is C17H16BN3O. The van der Waals surface area contributed by atoms with Gasteiger partial charge in [-0.15, -0.1) is 0 Å². The van der Waals surface area contributed by atoms with Crippen molar-refractivity contribution in [3.63, 3.8) is 0 Å². The van der Waals surface area contributed by atoms with Gasteiger partial charge in [-0.2, -0.15) is 0 Å². The summed E-state index contributed by atoms with van der Waals surface area (Å²) in [4.78, 5) is 16.1. The minimum atomic E-state index is -0.0737. The summed E-state index contributed by atoms with van der Waals surface area (Å²) < 4.78 is 0. The van der Waals surface area contributed by atoms with E-state index in [2.05, 4.69) is 21.5 Å². The zero-order valence-electron chi connectivity index (χ0n) is 12.1. The maximum absolute atomic E-state index is 12.1. The van der Waals surface area contributed by atoms with Crippen LogP contribution in [0.2, 0.25) is 0 Å². The van der Waals surface area contributed by atoms with Crippen molar-refractivity contribution >= 4 is 18.2 Å². The van der Waals surface area contributed by atoms with Gasteiger partial charge >= 0.3 is 6.85 Å². The number of amides is 1. The Morgan fingerprint density at radius 2 is 1.86 bits per heavy atom. The molecule has 2 heterocycles. The van der Waals surface area contributed by atoms with Crippen LogP contribution in [0.25, 0.3) is 0 Å². The number of nitrogens with one attached hydrogen (secondary N) is 2. The van der Waals surface area contributed by atoms with Crippen molar-refractivity contribution < 1.29 is 4.79 Å². The van der Waals surface area contributed by atoms with Crippen LogP contribution in [0.1, 0.15) is 15.9 Å². The van der Waals surface area contributed by atoms with Crippen molar-refractivity contribution in [3.05, 3.63) is 84.2 Å². The number of allylic oxidation sites excluding steroid dienone is 2. The quantitative estimate of drug-likeness (QED) is 0.837. The Bertz CT molecular complexity index is 696. The van der Waals surface area contributed by atoms with Crippen molar-refractivity contribution in [1.29, 1.82) is 0 Å². The lowest BCUT2D eigenvalue weighted by atomic mass is 9.55. The fraction of sp³-hybridized carbons (Fsp3) is 0.0588. The fourth-order valence-electron chi connectivity index (χ4n) is 2.28. The predicted octanol–water partition coefficient (Wildman–Crippen LogP) is 1.42. The summed E-state index contributed by atoms with van der Waals surface area (Å²) in [5, 5.41) is 6.16. The summed E-state index contributed by atoms with van der Waals surface area (Å²) in [7, 11) is 0. The van der Waals surface area contributed by atoms with Crippen molar-refractivity contribution in [3.8, 4) is 0 Å². The number of rotatable bonds is 4. The second kappa shape index (κ2) is 6.76. The first kappa shape index (κ1) is 14.1. The van der Waals surface area contributed by atoms with Gasteiger partial charge in [-0.1, -0.05) is 29.6 Å². The average molecular weight is 289 g/mol. The van der Waals surface area contributed by atoms with Crippen LogP contribution in [0.3, 0.4) is 0 Å². The fourth-order valence-corrected chi connectivity index (χ4v) is 2.28. The number of benzene rings is 1. The lowest BCUT2D eigenvalue weighted by Crippen LogP contribution is -2.41. The average Bonchev–Trinajstić information content (AvgIpc) is 2.61. The number of aromatic nitrogens is 1. The van der Waals surface area contributed by atoms with Crippen LogP contribution < -0.4 is 16.0 Å². The lowest BCUT2D eigenvalue weighted by Gasteiger charge is -2.12. The van der Waals surface area contributed by atoms with Gasteiger partial charge in [0.25, 0.3) is 5.91 Å². The molecule has 4 nitrogen and oxygen atoms in total. The molecule has 1 amide bonds. The number of hydrogen-bond donors (Lipinski definition) is 2. The molecule has 108 valence electrons. The summed E-state index contributed by atoms with van der Waals surface area (Å²) in [6.07, 6.45) is 9.32. The maximum atomic E-state index is 12.1. The molecule has 5 heteroatoms. The maximum Gasteiger partial charge on any atom is 0.312 e. The van der Waals surface area contributed by atoms with Crippen LogP contribution in [0.5, 0.6) is 0 Å².